The fraction of sp³-hybridized carbons (Fsp3) is 0.429. The van der Waals surface area contributed by atoms with Gasteiger partial charge in [-0.05, 0) is 12.8 Å². The minimum absolute atomic E-state index is 0.450. The summed E-state index contributed by atoms with van der Waals surface area (Å²) in [7, 11) is 0. The van der Waals surface area contributed by atoms with E-state index in [9.17, 15) is 28.8 Å². The number of hydrogen-bond acceptors (Lipinski definition) is 10. The van der Waals surface area contributed by atoms with Crippen LogP contribution in [0.5, 0.6) is 0 Å². The predicted octanol–water partition coefficient (Wildman–Crippen LogP) is -3.86. The van der Waals surface area contributed by atoms with Crippen molar-refractivity contribution in [2.24, 2.45) is 32.9 Å². The first-order valence-electron chi connectivity index (χ1n) is 7.96. The van der Waals surface area contributed by atoms with Crippen LogP contribution in [0.15, 0.2) is 9.98 Å². The maximum atomic E-state index is 11.5. The normalized spacial score (nSPS) is 11.9. The molecule has 16 heteroatoms. The van der Waals surface area contributed by atoms with Crippen molar-refractivity contribution in [3.63, 3.8) is 0 Å². The standard InChI is InChI=1S/C14H20N6O10/c15-13(16)19-5(9(23)24)1-3-7(21)29-11(27)12(28)30-8(22)4-2-6(10(25)26)20-14(17)18/h5-6H,1-4H2,(H,23,24)(H,25,26)(H4,15,16,19)(H4,17,18,20)/t5-,6-/m1/s1. The van der Waals surface area contributed by atoms with Crippen LogP contribution in [-0.2, 0) is 38.2 Å². The van der Waals surface area contributed by atoms with Gasteiger partial charge < -0.3 is 42.6 Å². The number of ether oxygens (including phenoxy) is 2. The molecule has 0 aliphatic carbocycles. The summed E-state index contributed by atoms with van der Waals surface area (Å²) in [5.74, 6) is -10.3. The summed E-state index contributed by atoms with van der Waals surface area (Å²) < 4.78 is 8.21. The molecular weight excluding hydrogens is 412 g/mol. The van der Waals surface area contributed by atoms with Gasteiger partial charge in [0.15, 0.2) is 24.0 Å². The molecule has 0 heterocycles. The van der Waals surface area contributed by atoms with E-state index in [4.69, 9.17) is 33.1 Å². The Hall–Kier alpha value is -4.24. The second-order valence-corrected chi connectivity index (χ2v) is 5.42. The van der Waals surface area contributed by atoms with Crippen LogP contribution in [0.2, 0.25) is 0 Å². The molecular formula is C14H20N6O10. The van der Waals surface area contributed by atoms with Crippen LogP contribution in [0, 0.1) is 0 Å². The number of nitrogens with two attached hydrogens (primary N) is 4. The van der Waals surface area contributed by atoms with Crippen molar-refractivity contribution in [3.8, 4) is 0 Å². The average Bonchev–Trinajstić information content (AvgIpc) is 2.60. The highest BCUT2D eigenvalue weighted by atomic mass is 16.6. The van der Waals surface area contributed by atoms with Gasteiger partial charge in [-0.15, -0.1) is 0 Å². The Labute approximate surface area is 167 Å². The predicted molar refractivity (Wildman–Crippen MR) is 95.1 cm³/mol. The van der Waals surface area contributed by atoms with Gasteiger partial charge in [0, 0.05) is 12.8 Å². The number of carbonyl (C=O) groups excluding carboxylic acids is 4. The lowest BCUT2D eigenvalue weighted by Gasteiger charge is -2.08. The Bertz CT molecular complexity index is 705. The number of carboxylic acid groups (broad SMARTS) is 2. The van der Waals surface area contributed by atoms with Gasteiger partial charge in [-0.2, -0.15) is 0 Å². The van der Waals surface area contributed by atoms with E-state index in [-0.39, 0.29) is 0 Å². The molecule has 0 radical (unpaired) electrons. The SMILES string of the molecule is NC(N)=N[C@H](CCC(=O)OC(=O)C(=O)OC(=O)CC[C@@H](N=C(N)N)C(=O)O)C(=O)O. The van der Waals surface area contributed by atoms with Gasteiger partial charge in [0.05, 0.1) is 0 Å². The van der Waals surface area contributed by atoms with Gasteiger partial charge in [-0.1, -0.05) is 0 Å². The van der Waals surface area contributed by atoms with E-state index in [1.54, 1.807) is 0 Å². The lowest BCUT2D eigenvalue weighted by atomic mass is 10.1. The molecule has 2 atom stereocenters. The van der Waals surface area contributed by atoms with Crippen molar-refractivity contribution >= 4 is 47.7 Å². The molecule has 0 amide bonds. The van der Waals surface area contributed by atoms with Crippen molar-refractivity contribution in [3.05, 3.63) is 0 Å². The van der Waals surface area contributed by atoms with Crippen LogP contribution in [-0.4, -0.2) is 70.0 Å². The van der Waals surface area contributed by atoms with E-state index in [1.165, 1.54) is 0 Å². The third-order valence-electron chi connectivity index (χ3n) is 3.00. The van der Waals surface area contributed by atoms with Crippen LogP contribution in [0.3, 0.4) is 0 Å². The van der Waals surface area contributed by atoms with Crippen molar-refractivity contribution in [1.82, 2.24) is 0 Å². The number of nitrogens with zero attached hydrogens (tertiary/aromatic N) is 2. The second-order valence-electron chi connectivity index (χ2n) is 5.42. The van der Waals surface area contributed by atoms with Crippen LogP contribution in [0.4, 0.5) is 0 Å². The van der Waals surface area contributed by atoms with Crippen LogP contribution < -0.4 is 22.9 Å². The van der Waals surface area contributed by atoms with Crippen molar-refractivity contribution < 1.29 is 48.5 Å². The van der Waals surface area contributed by atoms with Crippen molar-refractivity contribution in [2.75, 3.05) is 0 Å². The number of aliphatic imine (C=N–C) groups is 2. The molecule has 10 N–H and O–H groups in total. The number of carboxylic acids is 2. The van der Waals surface area contributed by atoms with E-state index in [2.05, 4.69) is 19.5 Å². The minimum Gasteiger partial charge on any atom is -0.480 e. The van der Waals surface area contributed by atoms with Crippen LogP contribution in [0.1, 0.15) is 25.7 Å². The highest BCUT2D eigenvalue weighted by molar-refractivity contribution is 6.33. The monoisotopic (exact) mass is 432 g/mol. The number of hydrogen-bond donors (Lipinski definition) is 6. The first-order chi connectivity index (χ1) is 13.8. The van der Waals surface area contributed by atoms with E-state index >= 15 is 0 Å². The van der Waals surface area contributed by atoms with E-state index in [0.29, 0.717) is 0 Å². The van der Waals surface area contributed by atoms with E-state index in [0.717, 1.165) is 0 Å². The molecule has 0 saturated heterocycles. The Morgan fingerprint density at radius 2 is 0.967 bits per heavy atom. The molecule has 0 unspecified atom stereocenters. The zero-order chi connectivity index (χ0) is 23.4. The zero-order valence-electron chi connectivity index (χ0n) is 15.3. The Morgan fingerprint density at radius 1 is 0.667 bits per heavy atom. The summed E-state index contributed by atoms with van der Waals surface area (Å²) in [4.78, 5) is 74.4. The molecule has 0 aromatic carbocycles. The van der Waals surface area contributed by atoms with Gasteiger partial charge in [-0.3, -0.25) is 9.59 Å². The van der Waals surface area contributed by atoms with Gasteiger partial charge in [0.2, 0.25) is 0 Å². The number of rotatable bonds is 10. The molecule has 0 aromatic rings. The molecule has 0 aliphatic heterocycles. The number of guanidine groups is 2. The minimum atomic E-state index is -1.85. The van der Waals surface area contributed by atoms with Crippen LogP contribution in [0.25, 0.3) is 0 Å². The number of esters is 4. The average molecular weight is 432 g/mol. The molecule has 16 nitrogen and oxygen atoms in total. The Balaban J connectivity index is 4.57. The van der Waals surface area contributed by atoms with E-state index < -0.39 is 85.5 Å². The number of carbonyl (C=O) groups is 6. The summed E-state index contributed by atoms with van der Waals surface area (Å²) in [6, 6.07) is -2.97. The zero-order valence-corrected chi connectivity index (χ0v) is 15.3. The van der Waals surface area contributed by atoms with E-state index in [1.807, 2.05) is 0 Å². The molecule has 0 fully saturated rings. The smallest absolute Gasteiger partial charge is 0.425 e. The lowest BCUT2D eigenvalue weighted by molar-refractivity contribution is -0.177. The molecule has 0 aliphatic rings. The Kier molecular flexibility index (Phi) is 10.5. The van der Waals surface area contributed by atoms with Gasteiger partial charge in [0.25, 0.3) is 0 Å². The molecule has 0 bridgehead atoms. The van der Waals surface area contributed by atoms with Gasteiger partial charge >= 0.3 is 35.8 Å². The number of aliphatic carboxylic acids is 2. The first kappa shape index (κ1) is 25.8. The maximum absolute atomic E-state index is 11.5. The summed E-state index contributed by atoms with van der Waals surface area (Å²) in [5, 5.41) is 17.7. The molecule has 166 valence electrons. The second kappa shape index (κ2) is 12.3. The van der Waals surface area contributed by atoms with Gasteiger partial charge in [0.1, 0.15) is 0 Å². The maximum Gasteiger partial charge on any atom is 0.425 e. The summed E-state index contributed by atoms with van der Waals surface area (Å²) in [5.41, 5.74) is 20.1. The summed E-state index contributed by atoms with van der Waals surface area (Å²) in [6.07, 6.45) is -2.21. The third kappa shape index (κ3) is 10.8. The largest absolute Gasteiger partial charge is 0.480 e. The highest BCUT2D eigenvalue weighted by Crippen LogP contribution is 2.06. The molecule has 0 aromatic heterocycles. The quantitative estimate of drug-likeness (QED) is 0.0633. The Morgan fingerprint density at radius 3 is 1.20 bits per heavy atom. The summed E-state index contributed by atoms with van der Waals surface area (Å²) >= 11 is 0. The third-order valence-corrected chi connectivity index (χ3v) is 3.00. The van der Waals surface area contributed by atoms with Crippen molar-refractivity contribution in [1.29, 1.82) is 0 Å². The fourth-order valence-electron chi connectivity index (χ4n) is 1.75. The first-order valence-corrected chi connectivity index (χ1v) is 7.96. The van der Waals surface area contributed by atoms with Crippen LogP contribution >= 0.6 is 0 Å². The summed E-state index contributed by atoms with van der Waals surface area (Å²) in [6.45, 7) is 0. The van der Waals surface area contributed by atoms with Gasteiger partial charge in [-0.25, -0.2) is 29.2 Å². The topological polar surface area (TPSA) is 290 Å². The molecule has 0 rings (SSSR count). The fourth-order valence-corrected chi connectivity index (χ4v) is 1.75. The highest BCUT2D eigenvalue weighted by Gasteiger charge is 2.27. The van der Waals surface area contributed by atoms with Crippen molar-refractivity contribution in [2.45, 2.75) is 37.8 Å². The lowest BCUT2D eigenvalue weighted by Crippen LogP contribution is -2.30. The molecule has 0 saturated carbocycles. The molecule has 0 spiro atoms. The molecule has 30 heavy (non-hydrogen) atoms.